The van der Waals surface area contributed by atoms with Crippen LogP contribution in [0.15, 0.2) is 30.3 Å². The van der Waals surface area contributed by atoms with Crippen LogP contribution in [0.5, 0.6) is 0 Å². The van der Waals surface area contributed by atoms with Gasteiger partial charge in [-0.05, 0) is 62.5 Å². The number of halogens is 3. The van der Waals surface area contributed by atoms with Crippen LogP contribution in [0.3, 0.4) is 0 Å². The quantitative estimate of drug-likeness (QED) is 0.792. The second-order valence-corrected chi connectivity index (χ2v) is 5.62. The molecular formula is C16H20F3N. The highest BCUT2D eigenvalue weighted by Crippen LogP contribution is 2.35. The van der Waals surface area contributed by atoms with Crippen molar-refractivity contribution < 1.29 is 13.2 Å². The molecule has 2 rings (SSSR count). The average Bonchev–Trinajstić information content (AvgIpc) is 2.38. The lowest BCUT2D eigenvalue weighted by atomic mass is 9.83. The summed E-state index contributed by atoms with van der Waals surface area (Å²) >= 11 is 0. The molecule has 0 aliphatic heterocycles. The van der Waals surface area contributed by atoms with Crippen molar-refractivity contribution in [1.82, 2.24) is 4.90 Å². The predicted molar refractivity (Wildman–Crippen MR) is 75.3 cm³/mol. The highest BCUT2D eigenvalue weighted by atomic mass is 19.4. The standard InChI is InChI=1S/C16H20F3N/c1-20(2)11-13-5-3-4-6-15(13)12-7-9-14(10-8-12)16(17,18)19/h6-10,13H,3-5,11H2,1-2H3. The summed E-state index contributed by atoms with van der Waals surface area (Å²) in [5, 5.41) is 0. The van der Waals surface area contributed by atoms with Gasteiger partial charge in [0, 0.05) is 6.54 Å². The van der Waals surface area contributed by atoms with Crippen molar-refractivity contribution >= 4 is 5.57 Å². The van der Waals surface area contributed by atoms with E-state index in [4.69, 9.17) is 0 Å². The van der Waals surface area contributed by atoms with Crippen LogP contribution in [0.2, 0.25) is 0 Å². The smallest absolute Gasteiger partial charge is 0.309 e. The van der Waals surface area contributed by atoms with Gasteiger partial charge in [-0.2, -0.15) is 13.2 Å². The van der Waals surface area contributed by atoms with E-state index in [2.05, 4.69) is 11.0 Å². The van der Waals surface area contributed by atoms with Crippen molar-refractivity contribution in [2.24, 2.45) is 5.92 Å². The van der Waals surface area contributed by atoms with E-state index in [9.17, 15) is 13.2 Å². The molecular weight excluding hydrogens is 263 g/mol. The minimum absolute atomic E-state index is 0.412. The second-order valence-electron chi connectivity index (χ2n) is 5.62. The molecule has 0 amide bonds. The van der Waals surface area contributed by atoms with Gasteiger partial charge in [-0.3, -0.25) is 0 Å². The van der Waals surface area contributed by atoms with Gasteiger partial charge in [-0.1, -0.05) is 18.2 Å². The summed E-state index contributed by atoms with van der Waals surface area (Å²) in [4.78, 5) is 2.13. The first kappa shape index (κ1) is 15.1. The monoisotopic (exact) mass is 283 g/mol. The van der Waals surface area contributed by atoms with Gasteiger partial charge in [0.15, 0.2) is 0 Å². The van der Waals surface area contributed by atoms with E-state index < -0.39 is 11.7 Å². The van der Waals surface area contributed by atoms with Crippen LogP contribution in [-0.4, -0.2) is 25.5 Å². The zero-order chi connectivity index (χ0) is 14.8. The lowest BCUT2D eigenvalue weighted by Crippen LogP contribution is -2.24. The summed E-state index contributed by atoms with van der Waals surface area (Å²) < 4.78 is 37.8. The molecule has 0 N–H and O–H groups in total. The van der Waals surface area contributed by atoms with Crippen molar-refractivity contribution in [3.05, 3.63) is 41.5 Å². The Hall–Kier alpha value is -1.29. The number of hydrogen-bond acceptors (Lipinski definition) is 1. The summed E-state index contributed by atoms with van der Waals surface area (Å²) in [6.07, 6.45) is 1.19. The third-order valence-electron chi connectivity index (χ3n) is 3.69. The van der Waals surface area contributed by atoms with Crippen molar-refractivity contribution in [2.45, 2.75) is 25.4 Å². The Morgan fingerprint density at radius 3 is 2.35 bits per heavy atom. The minimum Gasteiger partial charge on any atom is -0.309 e. The average molecular weight is 283 g/mol. The number of alkyl halides is 3. The van der Waals surface area contributed by atoms with E-state index in [0.717, 1.165) is 31.4 Å². The Morgan fingerprint density at radius 2 is 1.80 bits per heavy atom. The molecule has 0 radical (unpaired) electrons. The number of benzene rings is 1. The van der Waals surface area contributed by atoms with E-state index in [1.807, 2.05) is 14.1 Å². The summed E-state index contributed by atoms with van der Waals surface area (Å²) in [6, 6.07) is 5.56. The van der Waals surface area contributed by atoms with Crippen LogP contribution in [0.1, 0.15) is 30.4 Å². The lowest BCUT2D eigenvalue weighted by Gasteiger charge is -2.27. The fraction of sp³-hybridized carbons (Fsp3) is 0.500. The van der Waals surface area contributed by atoms with Crippen LogP contribution in [-0.2, 0) is 6.18 Å². The SMILES string of the molecule is CN(C)CC1CCCC=C1c1ccc(C(F)(F)F)cc1. The molecule has 1 aromatic rings. The van der Waals surface area contributed by atoms with E-state index >= 15 is 0 Å². The summed E-state index contributed by atoms with van der Waals surface area (Å²) in [5.41, 5.74) is 1.53. The van der Waals surface area contributed by atoms with Crippen LogP contribution >= 0.6 is 0 Å². The molecule has 0 heterocycles. The molecule has 0 saturated heterocycles. The topological polar surface area (TPSA) is 3.24 Å². The van der Waals surface area contributed by atoms with Crippen molar-refractivity contribution in [2.75, 3.05) is 20.6 Å². The van der Waals surface area contributed by atoms with Gasteiger partial charge in [0.2, 0.25) is 0 Å². The van der Waals surface area contributed by atoms with E-state index in [0.29, 0.717) is 5.92 Å². The zero-order valence-electron chi connectivity index (χ0n) is 11.9. The van der Waals surface area contributed by atoms with E-state index in [1.165, 1.54) is 17.7 Å². The maximum atomic E-state index is 12.6. The fourth-order valence-corrected chi connectivity index (χ4v) is 2.78. The molecule has 1 atom stereocenters. The Kier molecular flexibility index (Phi) is 4.53. The van der Waals surface area contributed by atoms with Crippen LogP contribution < -0.4 is 0 Å². The Bertz CT molecular complexity index is 471. The summed E-state index contributed by atoms with van der Waals surface area (Å²) in [6.45, 7) is 0.937. The normalized spacial score (nSPS) is 20.1. The molecule has 0 saturated carbocycles. The van der Waals surface area contributed by atoms with Gasteiger partial charge in [0.1, 0.15) is 0 Å². The third kappa shape index (κ3) is 3.63. The van der Waals surface area contributed by atoms with Crippen LogP contribution in [0.4, 0.5) is 13.2 Å². The molecule has 1 aliphatic carbocycles. The Labute approximate surface area is 118 Å². The van der Waals surface area contributed by atoms with Gasteiger partial charge in [-0.25, -0.2) is 0 Å². The maximum Gasteiger partial charge on any atom is 0.416 e. The molecule has 1 aromatic carbocycles. The predicted octanol–water partition coefficient (Wildman–Crippen LogP) is 4.45. The second kappa shape index (κ2) is 6.00. The lowest BCUT2D eigenvalue weighted by molar-refractivity contribution is -0.137. The zero-order valence-corrected chi connectivity index (χ0v) is 11.9. The molecule has 1 nitrogen and oxygen atoms in total. The van der Waals surface area contributed by atoms with Gasteiger partial charge >= 0.3 is 6.18 Å². The molecule has 0 fully saturated rings. The van der Waals surface area contributed by atoms with E-state index in [-0.39, 0.29) is 0 Å². The highest BCUT2D eigenvalue weighted by molar-refractivity contribution is 5.68. The minimum atomic E-state index is -4.26. The van der Waals surface area contributed by atoms with Crippen molar-refractivity contribution in [3.63, 3.8) is 0 Å². The van der Waals surface area contributed by atoms with Crippen molar-refractivity contribution in [3.8, 4) is 0 Å². The van der Waals surface area contributed by atoms with Gasteiger partial charge in [0.05, 0.1) is 5.56 Å². The Balaban J connectivity index is 2.23. The molecule has 20 heavy (non-hydrogen) atoms. The van der Waals surface area contributed by atoms with E-state index in [1.54, 1.807) is 12.1 Å². The maximum absolute atomic E-state index is 12.6. The number of hydrogen-bond donors (Lipinski definition) is 0. The molecule has 110 valence electrons. The fourth-order valence-electron chi connectivity index (χ4n) is 2.78. The van der Waals surface area contributed by atoms with Gasteiger partial charge in [0.25, 0.3) is 0 Å². The summed E-state index contributed by atoms with van der Waals surface area (Å²) in [7, 11) is 4.05. The molecule has 0 spiro atoms. The third-order valence-corrected chi connectivity index (χ3v) is 3.69. The first-order valence-corrected chi connectivity index (χ1v) is 6.90. The highest BCUT2D eigenvalue weighted by Gasteiger charge is 2.30. The Morgan fingerprint density at radius 1 is 1.15 bits per heavy atom. The van der Waals surface area contributed by atoms with Crippen molar-refractivity contribution in [1.29, 1.82) is 0 Å². The first-order valence-electron chi connectivity index (χ1n) is 6.90. The number of rotatable bonds is 3. The molecule has 4 heteroatoms. The summed E-state index contributed by atoms with van der Waals surface area (Å²) in [5.74, 6) is 0.412. The van der Waals surface area contributed by atoms with Crippen LogP contribution in [0.25, 0.3) is 5.57 Å². The number of allylic oxidation sites excluding steroid dienone is 1. The first-order chi connectivity index (χ1) is 9.38. The van der Waals surface area contributed by atoms with Gasteiger partial charge < -0.3 is 4.90 Å². The molecule has 1 unspecified atom stereocenters. The van der Waals surface area contributed by atoms with Crippen LogP contribution in [0, 0.1) is 5.92 Å². The number of nitrogens with zero attached hydrogens (tertiary/aromatic N) is 1. The molecule has 1 aliphatic rings. The molecule has 0 aromatic heterocycles. The molecule has 0 bridgehead atoms. The largest absolute Gasteiger partial charge is 0.416 e. The van der Waals surface area contributed by atoms with Gasteiger partial charge in [-0.15, -0.1) is 0 Å².